The maximum atomic E-state index is 12.9. The minimum atomic E-state index is -0.152. The van der Waals surface area contributed by atoms with Gasteiger partial charge in [-0.25, -0.2) is 4.68 Å². The highest BCUT2D eigenvalue weighted by Gasteiger charge is 2.20. The molecular formula is C21H22ClN3O. The van der Waals surface area contributed by atoms with Crippen molar-refractivity contribution < 1.29 is 4.79 Å². The summed E-state index contributed by atoms with van der Waals surface area (Å²) < 4.78 is 1.67. The lowest BCUT2D eigenvalue weighted by atomic mass is 10.1. The predicted molar refractivity (Wildman–Crippen MR) is 106 cm³/mol. The van der Waals surface area contributed by atoms with Crippen LogP contribution in [-0.4, -0.2) is 21.7 Å². The highest BCUT2D eigenvalue weighted by Crippen LogP contribution is 2.28. The van der Waals surface area contributed by atoms with Gasteiger partial charge in [-0.15, -0.1) is 0 Å². The Morgan fingerprint density at radius 1 is 1.04 bits per heavy atom. The van der Waals surface area contributed by atoms with Crippen molar-refractivity contribution in [2.24, 2.45) is 5.92 Å². The number of para-hydroxylation sites is 1. The molecule has 134 valence electrons. The van der Waals surface area contributed by atoms with Crippen LogP contribution in [0.3, 0.4) is 0 Å². The zero-order valence-corrected chi connectivity index (χ0v) is 15.9. The average Bonchev–Trinajstić information content (AvgIpc) is 3.08. The molecule has 26 heavy (non-hydrogen) atoms. The van der Waals surface area contributed by atoms with Gasteiger partial charge >= 0.3 is 0 Å². The Balaban J connectivity index is 2.07. The normalized spacial score (nSPS) is 12.2. The molecule has 0 fully saturated rings. The second-order valence-corrected chi connectivity index (χ2v) is 7.06. The van der Waals surface area contributed by atoms with E-state index in [4.69, 9.17) is 11.6 Å². The van der Waals surface area contributed by atoms with E-state index in [1.54, 1.807) is 10.7 Å². The maximum Gasteiger partial charge on any atom is 0.270 e. The number of amides is 1. The van der Waals surface area contributed by atoms with Crippen LogP contribution in [-0.2, 0) is 0 Å². The number of aromatic nitrogens is 2. The molecule has 0 aliphatic rings. The third-order valence-electron chi connectivity index (χ3n) is 4.45. The van der Waals surface area contributed by atoms with Crippen LogP contribution in [0.15, 0.2) is 60.7 Å². The lowest BCUT2D eigenvalue weighted by molar-refractivity contribution is 0.0922. The molecule has 0 bridgehead atoms. The van der Waals surface area contributed by atoms with Crippen LogP contribution in [0.2, 0.25) is 5.02 Å². The second-order valence-electron chi connectivity index (χ2n) is 6.65. The zero-order chi connectivity index (χ0) is 18.7. The van der Waals surface area contributed by atoms with Crippen molar-refractivity contribution in [1.82, 2.24) is 15.1 Å². The number of nitrogens with one attached hydrogen (secondary N) is 1. The summed E-state index contributed by atoms with van der Waals surface area (Å²) in [7, 11) is 0. The van der Waals surface area contributed by atoms with Crippen LogP contribution in [0.1, 0.15) is 31.3 Å². The fourth-order valence-electron chi connectivity index (χ4n) is 2.56. The number of rotatable bonds is 5. The van der Waals surface area contributed by atoms with Crippen molar-refractivity contribution in [3.8, 4) is 16.9 Å². The molecular weight excluding hydrogens is 346 g/mol. The highest BCUT2D eigenvalue weighted by atomic mass is 35.5. The third kappa shape index (κ3) is 3.81. The SMILES string of the molecule is CC(C)[C@@H](C)NC(=O)c1cc(-c2ccccc2Cl)nn1-c1ccccc1. The van der Waals surface area contributed by atoms with Gasteiger partial charge in [0.25, 0.3) is 5.91 Å². The number of nitrogens with zero attached hydrogens (tertiary/aromatic N) is 2. The fourth-order valence-corrected chi connectivity index (χ4v) is 2.79. The third-order valence-corrected chi connectivity index (χ3v) is 4.78. The first-order valence-electron chi connectivity index (χ1n) is 8.68. The van der Waals surface area contributed by atoms with E-state index in [0.29, 0.717) is 22.3 Å². The summed E-state index contributed by atoms with van der Waals surface area (Å²) in [6.07, 6.45) is 0. The standard InChI is InChI=1S/C21H22ClN3O/c1-14(2)15(3)23-21(26)20-13-19(17-11-7-8-12-18(17)22)24-25(20)16-9-5-4-6-10-16/h4-15H,1-3H3,(H,23,26)/t15-/m1/s1. The zero-order valence-electron chi connectivity index (χ0n) is 15.1. The van der Waals surface area contributed by atoms with Crippen LogP contribution in [0, 0.1) is 5.92 Å². The summed E-state index contributed by atoms with van der Waals surface area (Å²) in [6.45, 7) is 6.16. The van der Waals surface area contributed by atoms with Crippen molar-refractivity contribution >= 4 is 17.5 Å². The first-order valence-corrected chi connectivity index (χ1v) is 9.06. The van der Waals surface area contributed by atoms with E-state index in [2.05, 4.69) is 24.3 Å². The molecule has 1 N–H and O–H groups in total. The summed E-state index contributed by atoms with van der Waals surface area (Å²) in [5.74, 6) is 0.191. The molecule has 1 amide bonds. The molecule has 0 aliphatic carbocycles. The largest absolute Gasteiger partial charge is 0.348 e. The average molecular weight is 368 g/mol. The Bertz CT molecular complexity index is 903. The predicted octanol–water partition coefficient (Wildman–Crippen LogP) is 4.97. The Morgan fingerprint density at radius 2 is 1.69 bits per heavy atom. The molecule has 0 unspecified atom stereocenters. The van der Waals surface area contributed by atoms with Gasteiger partial charge in [-0.1, -0.05) is 61.8 Å². The van der Waals surface area contributed by atoms with Gasteiger partial charge in [0, 0.05) is 11.6 Å². The van der Waals surface area contributed by atoms with Crippen LogP contribution < -0.4 is 5.32 Å². The van der Waals surface area contributed by atoms with E-state index in [9.17, 15) is 4.79 Å². The number of carbonyl (C=O) groups is 1. The Hall–Kier alpha value is -2.59. The molecule has 0 radical (unpaired) electrons. The Morgan fingerprint density at radius 3 is 2.35 bits per heavy atom. The van der Waals surface area contributed by atoms with Crippen LogP contribution in [0.4, 0.5) is 0 Å². The highest BCUT2D eigenvalue weighted by molar-refractivity contribution is 6.33. The number of hydrogen-bond donors (Lipinski definition) is 1. The van der Waals surface area contributed by atoms with Gasteiger partial charge < -0.3 is 5.32 Å². The molecule has 0 saturated carbocycles. The molecule has 5 heteroatoms. The quantitative estimate of drug-likeness (QED) is 0.692. The van der Waals surface area contributed by atoms with Gasteiger partial charge in [0.2, 0.25) is 0 Å². The molecule has 1 atom stereocenters. The van der Waals surface area contributed by atoms with Crippen LogP contribution in [0.25, 0.3) is 16.9 Å². The summed E-state index contributed by atoms with van der Waals surface area (Å²) in [5.41, 5.74) is 2.78. The molecule has 1 heterocycles. The van der Waals surface area contributed by atoms with Gasteiger partial charge in [0.05, 0.1) is 16.4 Å². The molecule has 0 aliphatic heterocycles. The van der Waals surface area contributed by atoms with Gasteiger partial charge in [0.15, 0.2) is 0 Å². The Labute approximate surface area is 158 Å². The molecule has 3 rings (SSSR count). The minimum absolute atomic E-state index is 0.0605. The number of carbonyl (C=O) groups excluding carboxylic acids is 1. The summed E-state index contributed by atoms with van der Waals surface area (Å²) in [6, 6.07) is 19.0. The van der Waals surface area contributed by atoms with Crippen molar-refractivity contribution in [1.29, 1.82) is 0 Å². The first kappa shape index (κ1) is 18.2. The van der Waals surface area contributed by atoms with Gasteiger partial charge in [-0.2, -0.15) is 5.10 Å². The molecule has 0 spiro atoms. The summed E-state index contributed by atoms with van der Waals surface area (Å²) >= 11 is 6.32. The molecule has 3 aromatic rings. The lowest BCUT2D eigenvalue weighted by Gasteiger charge is -2.17. The van der Waals surface area contributed by atoms with Crippen molar-refractivity contribution in [3.63, 3.8) is 0 Å². The Kier molecular flexibility index (Phi) is 5.43. The van der Waals surface area contributed by atoms with Crippen molar-refractivity contribution in [2.75, 3.05) is 0 Å². The fraction of sp³-hybridized carbons (Fsp3) is 0.238. The van der Waals surface area contributed by atoms with E-state index >= 15 is 0 Å². The van der Waals surface area contributed by atoms with Gasteiger partial charge in [0.1, 0.15) is 5.69 Å². The van der Waals surface area contributed by atoms with Gasteiger partial charge in [-0.3, -0.25) is 4.79 Å². The van der Waals surface area contributed by atoms with Crippen LogP contribution >= 0.6 is 11.6 Å². The molecule has 0 saturated heterocycles. The smallest absolute Gasteiger partial charge is 0.270 e. The molecule has 2 aromatic carbocycles. The number of hydrogen-bond acceptors (Lipinski definition) is 2. The monoisotopic (exact) mass is 367 g/mol. The molecule has 1 aromatic heterocycles. The summed E-state index contributed by atoms with van der Waals surface area (Å²) in [4.78, 5) is 12.9. The molecule has 4 nitrogen and oxygen atoms in total. The van der Waals surface area contributed by atoms with E-state index in [1.165, 1.54) is 0 Å². The van der Waals surface area contributed by atoms with E-state index < -0.39 is 0 Å². The minimum Gasteiger partial charge on any atom is -0.348 e. The van der Waals surface area contributed by atoms with Gasteiger partial charge in [-0.05, 0) is 37.1 Å². The van der Waals surface area contributed by atoms with E-state index in [-0.39, 0.29) is 11.9 Å². The van der Waals surface area contributed by atoms with Crippen molar-refractivity contribution in [3.05, 3.63) is 71.4 Å². The maximum absolute atomic E-state index is 12.9. The van der Waals surface area contributed by atoms with E-state index in [0.717, 1.165) is 11.3 Å². The summed E-state index contributed by atoms with van der Waals surface area (Å²) in [5, 5.41) is 8.31. The topological polar surface area (TPSA) is 46.9 Å². The number of benzene rings is 2. The lowest BCUT2D eigenvalue weighted by Crippen LogP contribution is -2.37. The van der Waals surface area contributed by atoms with Crippen LogP contribution in [0.5, 0.6) is 0 Å². The number of halogens is 1. The van der Waals surface area contributed by atoms with E-state index in [1.807, 2.05) is 61.5 Å². The van der Waals surface area contributed by atoms with Crippen molar-refractivity contribution in [2.45, 2.75) is 26.8 Å². The first-order chi connectivity index (χ1) is 12.5. The second kappa shape index (κ2) is 7.75.